The average molecular weight is 605 g/mol. The van der Waals surface area contributed by atoms with Gasteiger partial charge in [0.1, 0.15) is 17.1 Å². The quantitative estimate of drug-likeness (QED) is 0.327. The Morgan fingerprint density at radius 2 is 0.886 bits per heavy atom. The molecule has 0 saturated carbocycles. The van der Waals surface area contributed by atoms with Crippen LogP contribution in [-0.4, -0.2) is 102 Å². The van der Waals surface area contributed by atoms with Crippen LogP contribution in [0, 0.1) is 26.7 Å². The molecule has 0 spiro atoms. The standard InChI is InChI=1S/C32H40N6O6/c1-20-9-24(33-27(12-20)30(39)40)17-36-5-7-37(18-25-10-21(2)13-28(34-25)31(41)42)15-23(4)16-38(8-6-36)19-26-11-22(3)14-29(35-26)32(43)44/h9-14,23H,5-8,15-19H2,1-4H3,(H,39,40)(H,41,42)(H,43,44). The van der Waals surface area contributed by atoms with Gasteiger partial charge in [0, 0.05) is 58.9 Å². The van der Waals surface area contributed by atoms with Crippen molar-refractivity contribution in [3.05, 3.63) is 87.3 Å². The van der Waals surface area contributed by atoms with Crippen LogP contribution in [0.15, 0.2) is 36.4 Å². The van der Waals surface area contributed by atoms with Crippen LogP contribution < -0.4 is 0 Å². The molecule has 0 unspecified atom stereocenters. The van der Waals surface area contributed by atoms with Crippen molar-refractivity contribution in [2.24, 2.45) is 5.92 Å². The van der Waals surface area contributed by atoms with Crippen molar-refractivity contribution in [2.75, 3.05) is 39.3 Å². The van der Waals surface area contributed by atoms with E-state index in [0.717, 1.165) is 29.8 Å². The summed E-state index contributed by atoms with van der Waals surface area (Å²) in [6.45, 7) is 13.3. The van der Waals surface area contributed by atoms with Crippen LogP contribution in [0.5, 0.6) is 0 Å². The summed E-state index contributed by atoms with van der Waals surface area (Å²) in [5, 5.41) is 28.6. The van der Waals surface area contributed by atoms with Crippen molar-refractivity contribution in [2.45, 2.75) is 47.3 Å². The number of rotatable bonds is 9. The van der Waals surface area contributed by atoms with Crippen LogP contribution in [0.2, 0.25) is 0 Å². The van der Waals surface area contributed by atoms with E-state index < -0.39 is 17.9 Å². The number of carbonyl (C=O) groups is 3. The molecule has 3 aromatic heterocycles. The summed E-state index contributed by atoms with van der Waals surface area (Å²) in [5.74, 6) is -2.95. The lowest BCUT2D eigenvalue weighted by molar-refractivity contribution is 0.0678. The third kappa shape index (κ3) is 9.37. The number of pyridine rings is 3. The predicted octanol–water partition coefficient (Wildman–Crippen LogP) is 3.35. The first-order valence-electron chi connectivity index (χ1n) is 14.6. The van der Waals surface area contributed by atoms with Crippen molar-refractivity contribution >= 4 is 17.9 Å². The molecule has 0 bridgehead atoms. The second kappa shape index (κ2) is 14.5. The van der Waals surface area contributed by atoms with Crippen molar-refractivity contribution in [3.63, 3.8) is 0 Å². The summed E-state index contributed by atoms with van der Waals surface area (Å²) in [5.41, 5.74) is 4.59. The molecule has 0 radical (unpaired) electrons. The zero-order valence-electron chi connectivity index (χ0n) is 25.7. The van der Waals surface area contributed by atoms with E-state index in [9.17, 15) is 29.7 Å². The molecule has 1 fully saturated rings. The second-order valence-electron chi connectivity index (χ2n) is 11.8. The molecule has 3 aromatic rings. The Bertz CT molecular complexity index is 1450. The van der Waals surface area contributed by atoms with Gasteiger partial charge in [-0.05, 0) is 79.8 Å². The molecular weight excluding hydrogens is 564 g/mol. The van der Waals surface area contributed by atoms with Gasteiger partial charge < -0.3 is 15.3 Å². The van der Waals surface area contributed by atoms with E-state index in [-0.39, 0.29) is 23.0 Å². The van der Waals surface area contributed by atoms with E-state index in [4.69, 9.17) is 0 Å². The van der Waals surface area contributed by atoms with E-state index in [1.54, 1.807) is 18.2 Å². The normalized spacial score (nSPS) is 16.1. The second-order valence-corrected chi connectivity index (χ2v) is 11.8. The summed E-state index contributed by atoms with van der Waals surface area (Å²) in [7, 11) is 0. The van der Waals surface area contributed by atoms with E-state index in [1.165, 1.54) is 0 Å². The Morgan fingerprint density at radius 3 is 1.20 bits per heavy atom. The summed E-state index contributed by atoms with van der Waals surface area (Å²) >= 11 is 0. The molecule has 0 atom stereocenters. The Kier molecular flexibility index (Phi) is 10.7. The monoisotopic (exact) mass is 604 g/mol. The minimum Gasteiger partial charge on any atom is -0.477 e. The lowest BCUT2D eigenvalue weighted by Gasteiger charge is -2.35. The summed E-state index contributed by atoms with van der Waals surface area (Å²) in [6.07, 6.45) is 0. The maximum atomic E-state index is 11.7. The largest absolute Gasteiger partial charge is 0.477 e. The lowest BCUT2D eigenvalue weighted by atomic mass is 10.1. The maximum Gasteiger partial charge on any atom is 0.354 e. The first kappa shape index (κ1) is 32.6. The van der Waals surface area contributed by atoms with Crippen LogP contribution in [0.25, 0.3) is 0 Å². The molecule has 12 heteroatoms. The molecule has 0 amide bonds. The third-order valence-electron chi connectivity index (χ3n) is 7.49. The van der Waals surface area contributed by atoms with Crippen LogP contribution >= 0.6 is 0 Å². The SMILES string of the molecule is Cc1cc(CN2CCN(Cc3cc(C)cc(C(=O)O)n3)CC(C)CN(Cc3cc(C)cc(C(=O)O)n3)CC2)nc(C(=O)O)c1. The van der Waals surface area contributed by atoms with Crippen molar-refractivity contribution in [1.82, 2.24) is 29.7 Å². The van der Waals surface area contributed by atoms with Crippen molar-refractivity contribution in [3.8, 4) is 0 Å². The smallest absolute Gasteiger partial charge is 0.354 e. The van der Waals surface area contributed by atoms with Gasteiger partial charge in [-0.25, -0.2) is 29.3 Å². The maximum absolute atomic E-state index is 11.7. The van der Waals surface area contributed by atoms with Gasteiger partial charge in [0.25, 0.3) is 0 Å². The van der Waals surface area contributed by atoms with Gasteiger partial charge in [-0.2, -0.15) is 0 Å². The molecule has 1 aliphatic heterocycles. The molecule has 1 saturated heterocycles. The summed E-state index contributed by atoms with van der Waals surface area (Å²) in [6, 6.07) is 10.4. The molecule has 0 aromatic carbocycles. The fraction of sp³-hybridized carbons (Fsp3) is 0.438. The highest BCUT2D eigenvalue weighted by Gasteiger charge is 2.22. The number of aryl methyl sites for hydroxylation is 3. The number of carboxylic acid groups (broad SMARTS) is 3. The topological polar surface area (TPSA) is 160 Å². The van der Waals surface area contributed by atoms with Crippen LogP contribution in [0.1, 0.15) is 72.2 Å². The van der Waals surface area contributed by atoms with E-state index in [1.807, 2.05) is 39.0 Å². The first-order valence-corrected chi connectivity index (χ1v) is 14.6. The summed E-state index contributed by atoms with van der Waals surface area (Å²) in [4.78, 5) is 54.9. The minimum absolute atomic E-state index is 0.0117. The highest BCUT2D eigenvalue weighted by atomic mass is 16.4. The van der Waals surface area contributed by atoms with Crippen LogP contribution in [0.3, 0.4) is 0 Å². The fourth-order valence-corrected chi connectivity index (χ4v) is 5.72. The number of hydrogen-bond donors (Lipinski definition) is 3. The van der Waals surface area contributed by atoms with Gasteiger partial charge in [-0.15, -0.1) is 0 Å². The molecular formula is C32H40N6O6. The highest BCUT2D eigenvalue weighted by Crippen LogP contribution is 2.16. The van der Waals surface area contributed by atoms with Crippen molar-refractivity contribution < 1.29 is 29.7 Å². The Morgan fingerprint density at radius 1 is 0.591 bits per heavy atom. The zero-order valence-corrected chi connectivity index (χ0v) is 25.7. The minimum atomic E-state index is -1.07. The molecule has 4 rings (SSSR count). The first-order chi connectivity index (χ1) is 20.8. The van der Waals surface area contributed by atoms with Gasteiger partial charge in [-0.1, -0.05) is 6.92 Å². The number of nitrogens with zero attached hydrogens (tertiary/aromatic N) is 6. The molecule has 0 aliphatic carbocycles. The van der Waals surface area contributed by atoms with E-state index in [0.29, 0.717) is 62.9 Å². The van der Waals surface area contributed by atoms with Gasteiger partial charge in [0.2, 0.25) is 0 Å². The number of aromatic carboxylic acids is 3. The fourth-order valence-electron chi connectivity index (χ4n) is 5.72. The highest BCUT2D eigenvalue weighted by molar-refractivity contribution is 5.86. The lowest BCUT2D eigenvalue weighted by Crippen LogP contribution is -2.45. The van der Waals surface area contributed by atoms with E-state index in [2.05, 4.69) is 36.6 Å². The Hall–Kier alpha value is -4.26. The van der Waals surface area contributed by atoms with Crippen LogP contribution in [0.4, 0.5) is 0 Å². The van der Waals surface area contributed by atoms with E-state index >= 15 is 0 Å². The Balaban J connectivity index is 1.60. The average Bonchev–Trinajstić information content (AvgIpc) is 2.92. The summed E-state index contributed by atoms with van der Waals surface area (Å²) < 4.78 is 0. The molecule has 4 heterocycles. The molecule has 1 aliphatic rings. The molecule has 12 nitrogen and oxygen atoms in total. The predicted molar refractivity (Wildman–Crippen MR) is 163 cm³/mol. The molecule has 3 N–H and O–H groups in total. The number of hydrogen-bond acceptors (Lipinski definition) is 9. The molecule has 234 valence electrons. The van der Waals surface area contributed by atoms with Crippen LogP contribution in [-0.2, 0) is 19.6 Å². The zero-order chi connectivity index (χ0) is 32.0. The van der Waals surface area contributed by atoms with Gasteiger partial charge in [0.15, 0.2) is 0 Å². The van der Waals surface area contributed by atoms with Crippen molar-refractivity contribution in [1.29, 1.82) is 0 Å². The third-order valence-corrected chi connectivity index (χ3v) is 7.49. The number of aromatic nitrogens is 3. The number of carboxylic acids is 3. The molecule has 44 heavy (non-hydrogen) atoms. The van der Waals surface area contributed by atoms with Gasteiger partial charge >= 0.3 is 17.9 Å². The van der Waals surface area contributed by atoms with Gasteiger partial charge in [0.05, 0.1) is 17.1 Å². The Labute approximate surface area is 257 Å². The van der Waals surface area contributed by atoms with Gasteiger partial charge in [-0.3, -0.25) is 14.7 Å².